The molecule has 0 bridgehead atoms. The summed E-state index contributed by atoms with van der Waals surface area (Å²) in [6.45, 7) is 9.50. The minimum Gasteiger partial charge on any atom is -0.317 e. The second kappa shape index (κ2) is 6.22. The Balaban J connectivity index is 1.91. The first-order chi connectivity index (χ1) is 8.22. The average Bonchev–Trinajstić information content (AvgIpc) is 2.24. The van der Waals surface area contributed by atoms with Gasteiger partial charge in [-0.2, -0.15) is 0 Å². The Bertz CT molecular complexity index is 220. The maximum Gasteiger partial charge on any atom is -0.00179 e. The highest BCUT2D eigenvalue weighted by Gasteiger charge is 2.38. The fourth-order valence-electron chi connectivity index (χ4n) is 3.94. The zero-order chi connectivity index (χ0) is 12.3. The van der Waals surface area contributed by atoms with Crippen molar-refractivity contribution in [1.29, 1.82) is 0 Å². The van der Waals surface area contributed by atoms with Crippen LogP contribution in [-0.2, 0) is 0 Å². The Morgan fingerprint density at radius 1 is 1.12 bits per heavy atom. The van der Waals surface area contributed by atoms with Crippen LogP contribution < -0.4 is 5.32 Å². The molecule has 1 heteroatoms. The highest BCUT2D eigenvalue weighted by molar-refractivity contribution is 4.89. The summed E-state index contributed by atoms with van der Waals surface area (Å²) in [5.41, 5.74) is 0. The third-order valence-electron chi connectivity index (χ3n) is 5.44. The van der Waals surface area contributed by atoms with E-state index < -0.39 is 0 Å². The molecule has 1 nitrogen and oxygen atoms in total. The molecule has 100 valence electrons. The first-order valence-electron chi connectivity index (χ1n) is 7.93. The summed E-state index contributed by atoms with van der Waals surface area (Å²) in [6, 6.07) is 0. The van der Waals surface area contributed by atoms with E-state index in [4.69, 9.17) is 0 Å². The fourth-order valence-corrected chi connectivity index (χ4v) is 3.94. The van der Waals surface area contributed by atoms with Gasteiger partial charge in [-0.05, 0) is 61.9 Å². The lowest BCUT2D eigenvalue weighted by molar-refractivity contribution is 0.0602. The van der Waals surface area contributed by atoms with Gasteiger partial charge in [-0.3, -0.25) is 0 Å². The van der Waals surface area contributed by atoms with Crippen LogP contribution in [0.1, 0.15) is 59.3 Å². The van der Waals surface area contributed by atoms with E-state index in [1.54, 1.807) is 0 Å². The van der Waals surface area contributed by atoms with Crippen molar-refractivity contribution in [1.82, 2.24) is 5.32 Å². The number of nitrogens with one attached hydrogen (secondary N) is 1. The van der Waals surface area contributed by atoms with Crippen molar-refractivity contribution in [3.63, 3.8) is 0 Å². The molecule has 2 aliphatic carbocycles. The quantitative estimate of drug-likeness (QED) is 0.759. The maximum absolute atomic E-state index is 3.60. The van der Waals surface area contributed by atoms with Crippen LogP contribution in [-0.4, -0.2) is 13.1 Å². The molecule has 0 aromatic rings. The summed E-state index contributed by atoms with van der Waals surface area (Å²) < 4.78 is 0. The molecule has 0 amide bonds. The lowest BCUT2D eigenvalue weighted by Crippen LogP contribution is -2.39. The molecule has 3 atom stereocenters. The average molecular weight is 237 g/mol. The van der Waals surface area contributed by atoms with Gasteiger partial charge in [-0.25, -0.2) is 0 Å². The summed E-state index contributed by atoms with van der Waals surface area (Å²) in [4.78, 5) is 0. The lowest BCUT2D eigenvalue weighted by Gasteiger charge is -2.45. The molecule has 0 aromatic heterocycles. The first kappa shape index (κ1) is 13.4. The third-order valence-corrected chi connectivity index (χ3v) is 5.44. The van der Waals surface area contributed by atoms with Gasteiger partial charge in [0.05, 0.1) is 0 Å². The first-order valence-corrected chi connectivity index (χ1v) is 7.93. The smallest absolute Gasteiger partial charge is 0.00179 e. The van der Waals surface area contributed by atoms with Crippen LogP contribution in [0.2, 0.25) is 0 Å². The molecule has 0 aromatic carbocycles. The number of hydrogen-bond donors (Lipinski definition) is 1. The summed E-state index contributed by atoms with van der Waals surface area (Å²) in [5.74, 6) is 5.02. The van der Waals surface area contributed by atoms with Crippen molar-refractivity contribution in [3.8, 4) is 0 Å². The van der Waals surface area contributed by atoms with Gasteiger partial charge < -0.3 is 5.32 Å². The predicted molar refractivity (Wildman–Crippen MR) is 75.0 cm³/mol. The Morgan fingerprint density at radius 3 is 2.41 bits per heavy atom. The summed E-state index contributed by atoms with van der Waals surface area (Å²) >= 11 is 0. The Morgan fingerprint density at radius 2 is 1.88 bits per heavy atom. The Labute approximate surface area is 108 Å². The van der Waals surface area contributed by atoms with E-state index in [-0.39, 0.29) is 0 Å². The molecular weight excluding hydrogens is 206 g/mol. The molecule has 0 heterocycles. The van der Waals surface area contributed by atoms with Gasteiger partial charge in [0, 0.05) is 0 Å². The van der Waals surface area contributed by atoms with Crippen LogP contribution in [0.25, 0.3) is 0 Å². The number of rotatable bonds is 5. The topological polar surface area (TPSA) is 12.0 Å². The van der Waals surface area contributed by atoms with Gasteiger partial charge in [-0.1, -0.05) is 40.0 Å². The Kier molecular flexibility index (Phi) is 4.90. The van der Waals surface area contributed by atoms with E-state index in [9.17, 15) is 0 Å². The lowest BCUT2D eigenvalue weighted by atomic mass is 9.61. The van der Waals surface area contributed by atoms with Crippen LogP contribution in [0.4, 0.5) is 0 Å². The minimum absolute atomic E-state index is 0.901. The molecule has 0 spiro atoms. The molecule has 2 saturated carbocycles. The summed E-state index contributed by atoms with van der Waals surface area (Å²) in [5, 5.41) is 3.60. The van der Waals surface area contributed by atoms with Crippen LogP contribution in [0.15, 0.2) is 0 Å². The second-order valence-corrected chi connectivity index (χ2v) is 6.74. The van der Waals surface area contributed by atoms with E-state index >= 15 is 0 Å². The normalized spacial score (nSPS) is 34.9. The van der Waals surface area contributed by atoms with Gasteiger partial charge in [0.1, 0.15) is 0 Å². The maximum atomic E-state index is 3.60. The minimum atomic E-state index is 0.901. The van der Waals surface area contributed by atoms with Crippen molar-refractivity contribution >= 4 is 0 Å². The van der Waals surface area contributed by atoms with Gasteiger partial charge in [0.2, 0.25) is 0 Å². The van der Waals surface area contributed by atoms with E-state index in [1.807, 2.05) is 0 Å². The number of hydrogen-bond acceptors (Lipinski definition) is 1. The zero-order valence-corrected chi connectivity index (χ0v) is 12.0. The van der Waals surface area contributed by atoms with Crippen molar-refractivity contribution in [3.05, 3.63) is 0 Å². The Hall–Kier alpha value is -0.0400. The molecule has 3 unspecified atom stereocenters. The SMILES string of the molecule is CCNCC1CCC(C(C)C)CC1C1CCC1. The molecule has 0 aliphatic heterocycles. The van der Waals surface area contributed by atoms with Gasteiger partial charge in [0.15, 0.2) is 0 Å². The molecule has 17 heavy (non-hydrogen) atoms. The molecule has 2 aliphatic rings. The summed E-state index contributed by atoms with van der Waals surface area (Å²) in [6.07, 6.45) is 9.05. The fraction of sp³-hybridized carbons (Fsp3) is 1.00. The van der Waals surface area contributed by atoms with Gasteiger partial charge in [-0.15, -0.1) is 0 Å². The highest BCUT2D eigenvalue weighted by Crippen LogP contribution is 2.46. The second-order valence-electron chi connectivity index (χ2n) is 6.74. The molecule has 2 fully saturated rings. The van der Waals surface area contributed by atoms with Crippen LogP contribution in [0.3, 0.4) is 0 Å². The molecule has 0 radical (unpaired) electrons. The van der Waals surface area contributed by atoms with Crippen LogP contribution in [0.5, 0.6) is 0 Å². The highest BCUT2D eigenvalue weighted by atomic mass is 14.8. The van der Waals surface area contributed by atoms with E-state index in [1.165, 1.54) is 45.1 Å². The van der Waals surface area contributed by atoms with Gasteiger partial charge >= 0.3 is 0 Å². The van der Waals surface area contributed by atoms with E-state index in [2.05, 4.69) is 26.1 Å². The van der Waals surface area contributed by atoms with E-state index in [0.717, 1.165) is 36.1 Å². The van der Waals surface area contributed by atoms with Crippen molar-refractivity contribution < 1.29 is 0 Å². The van der Waals surface area contributed by atoms with Crippen molar-refractivity contribution in [2.45, 2.75) is 59.3 Å². The summed E-state index contributed by atoms with van der Waals surface area (Å²) in [7, 11) is 0. The van der Waals surface area contributed by atoms with Crippen LogP contribution in [0, 0.1) is 29.6 Å². The molecule has 1 N–H and O–H groups in total. The molecule has 0 saturated heterocycles. The van der Waals surface area contributed by atoms with E-state index in [0.29, 0.717) is 0 Å². The monoisotopic (exact) mass is 237 g/mol. The van der Waals surface area contributed by atoms with Crippen molar-refractivity contribution in [2.24, 2.45) is 29.6 Å². The molecular formula is C16H31N. The predicted octanol–water partition coefficient (Wildman–Crippen LogP) is 4.08. The standard InChI is InChI=1S/C16H31N/c1-4-17-11-15-9-8-14(12(2)3)10-16(15)13-6-5-7-13/h12-17H,4-11H2,1-3H3. The largest absolute Gasteiger partial charge is 0.317 e. The van der Waals surface area contributed by atoms with Crippen molar-refractivity contribution in [2.75, 3.05) is 13.1 Å². The zero-order valence-electron chi connectivity index (χ0n) is 12.0. The molecule has 2 rings (SSSR count). The van der Waals surface area contributed by atoms with Gasteiger partial charge in [0.25, 0.3) is 0 Å². The van der Waals surface area contributed by atoms with Crippen LogP contribution >= 0.6 is 0 Å². The third kappa shape index (κ3) is 3.24.